The molecule has 186 valence electrons. The molecule has 1 aliphatic heterocycles. The molecule has 0 spiro atoms. The second-order valence-corrected chi connectivity index (χ2v) is 11.6. The van der Waals surface area contributed by atoms with Crippen molar-refractivity contribution in [2.24, 2.45) is 10.9 Å². The Labute approximate surface area is 217 Å². The Morgan fingerprint density at radius 1 is 1.11 bits per heavy atom. The molecule has 1 aliphatic carbocycles. The lowest BCUT2D eigenvalue weighted by molar-refractivity contribution is -0.118. The number of amides is 2. The maximum absolute atomic E-state index is 13.7. The number of aliphatic imine (C=N–C) groups is 1. The minimum absolute atomic E-state index is 0.0324. The summed E-state index contributed by atoms with van der Waals surface area (Å²) in [5.41, 5.74) is 3.81. The van der Waals surface area contributed by atoms with Gasteiger partial charge in [-0.05, 0) is 63.3 Å². The Hall–Kier alpha value is -2.25. The van der Waals surface area contributed by atoms with Crippen LogP contribution in [0.1, 0.15) is 60.5 Å². The van der Waals surface area contributed by atoms with E-state index in [1.807, 2.05) is 48.2 Å². The first kappa shape index (κ1) is 25.8. The Morgan fingerprint density at radius 2 is 1.89 bits per heavy atom. The van der Waals surface area contributed by atoms with Crippen LogP contribution in [0.3, 0.4) is 0 Å². The van der Waals surface area contributed by atoms with Gasteiger partial charge in [0.25, 0.3) is 5.91 Å². The summed E-state index contributed by atoms with van der Waals surface area (Å²) in [6, 6.07) is 13.8. The predicted molar refractivity (Wildman–Crippen MR) is 148 cm³/mol. The quantitative estimate of drug-likeness (QED) is 0.441. The smallest absolute Gasteiger partial charge is 0.261 e. The zero-order valence-electron chi connectivity index (χ0n) is 20.9. The molecule has 2 aliphatic rings. The summed E-state index contributed by atoms with van der Waals surface area (Å²) >= 11 is 3.05. The molecular weight excluding hydrogens is 474 g/mol. The van der Waals surface area contributed by atoms with Gasteiger partial charge in [0.2, 0.25) is 5.91 Å². The van der Waals surface area contributed by atoms with Crippen LogP contribution in [-0.2, 0) is 4.79 Å². The fraction of sp³-hybridized carbons (Fsp3) is 0.464. The van der Waals surface area contributed by atoms with Crippen LogP contribution >= 0.6 is 23.5 Å². The highest BCUT2D eigenvalue weighted by Gasteiger charge is 2.34. The zero-order chi connectivity index (χ0) is 24.8. The molecule has 1 saturated carbocycles. The van der Waals surface area contributed by atoms with E-state index in [2.05, 4.69) is 25.2 Å². The average Bonchev–Trinajstić information content (AvgIpc) is 3.23. The van der Waals surface area contributed by atoms with Gasteiger partial charge in [-0.1, -0.05) is 60.9 Å². The summed E-state index contributed by atoms with van der Waals surface area (Å²) in [6.07, 6.45) is 6.28. The van der Waals surface area contributed by atoms with Gasteiger partial charge in [0, 0.05) is 23.2 Å². The number of carbonyl (C=O) groups excluding carboxylic acids is 2. The number of rotatable bonds is 7. The number of hydrogen-bond donors (Lipinski definition) is 1. The summed E-state index contributed by atoms with van der Waals surface area (Å²) in [5.74, 6) is 1.71. The third-order valence-electron chi connectivity index (χ3n) is 6.68. The van der Waals surface area contributed by atoms with Crippen molar-refractivity contribution in [2.45, 2.75) is 63.8 Å². The molecule has 1 saturated heterocycles. The van der Waals surface area contributed by atoms with Crippen molar-refractivity contribution in [3.63, 3.8) is 0 Å². The molecule has 1 unspecified atom stereocenters. The van der Waals surface area contributed by atoms with E-state index in [1.54, 1.807) is 11.8 Å². The molecule has 0 bridgehead atoms. The van der Waals surface area contributed by atoms with Gasteiger partial charge in [-0.3, -0.25) is 14.5 Å². The molecule has 1 N–H and O–H groups in total. The van der Waals surface area contributed by atoms with E-state index < -0.39 is 0 Å². The highest BCUT2D eigenvalue weighted by atomic mass is 32.2. The molecule has 7 heteroatoms. The van der Waals surface area contributed by atoms with Crippen molar-refractivity contribution in [3.8, 4) is 0 Å². The second-order valence-electron chi connectivity index (χ2n) is 9.61. The van der Waals surface area contributed by atoms with Gasteiger partial charge in [-0.15, -0.1) is 11.8 Å². The van der Waals surface area contributed by atoms with Crippen molar-refractivity contribution in [1.29, 1.82) is 0 Å². The van der Waals surface area contributed by atoms with Crippen molar-refractivity contribution in [3.05, 3.63) is 59.2 Å². The summed E-state index contributed by atoms with van der Waals surface area (Å²) in [6.45, 7) is 6.94. The maximum Gasteiger partial charge on any atom is 0.261 e. The van der Waals surface area contributed by atoms with E-state index in [-0.39, 0.29) is 17.9 Å². The van der Waals surface area contributed by atoms with Crippen LogP contribution in [0.25, 0.3) is 0 Å². The number of benzene rings is 2. The first-order valence-electron chi connectivity index (χ1n) is 12.5. The van der Waals surface area contributed by atoms with E-state index in [9.17, 15) is 9.59 Å². The van der Waals surface area contributed by atoms with Crippen LogP contribution in [0.15, 0.2) is 52.4 Å². The largest absolute Gasteiger partial charge is 0.355 e. The minimum Gasteiger partial charge on any atom is -0.355 e. The van der Waals surface area contributed by atoms with E-state index in [0.29, 0.717) is 17.2 Å². The highest BCUT2D eigenvalue weighted by molar-refractivity contribution is 8.14. The standard InChI is InChI=1S/C28H35N3O2S2/c1-19-13-14-24(20(2)15-19)30-28-31(21(3)17-35-28)27(33)23-11-7-8-12-25(23)34-18-26(32)29-16-22-9-5-4-6-10-22/h7-8,11-15,21-22H,4-6,9-10,16-18H2,1-3H3,(H,29,32). The van der Waals surface area contributed by atoms with Gasteiger partial charge in [0.15, 0.2) is 5.17 Å². The minimum atomic E-state index is -0.0586. The lowest BCUT2D eigenvalue weighted by Gasteiger charge is -2.23. The maximum atomic E-state index is 13.7. The van der Waals surface area contributed by atoms with Crippen LogP contribution in [0.2, 0.25) is 0 Å². The Bertz CT molecular complexity index is 1100. The van der Waals surface area contributed by atoms with Crippen LogP contribution in [-0.4, -0.2) is 46.0 Å². The number of nitrogens with zero attached hydrogens (tertiary/aromatic N) is 2. The van der Waals surface area contributed by atoms with Gasteiger partial charge in [0.05, 0.1) is 17.0 Å². The van der Waals surface area contributed by atoms with Crippen LogP contribution in [0.4, 0.5) is 5.69 Å². The summed E-state index contributed by atoms with van der Waals surface area (Å²) in [7, 11) is 0. The van der Waals surface area contributed by atoms with Crippen LogP contribution in [0.5, 0.6) is 0 Å². The molecule has 2 amide bonds. The topological polar surface area (TPSA) is 61.8 Å². The van der Waals surface area contributed by atoms with E-state index in [4.69, 9.17) is 4.99 Å². The highest BCUT2D eigenvalue weighted by Crippen LogP contribution is 2.32. The summed E-state index contributed by atoms with van der Waals surface area (Å²) in [4.78, 5) is 33.7. The number of thioether (sulfide) groups is 2. The number of amidine groups is 1. The van der Waals surface area contributed by atoms with Gasteiger partial charge in [-0.2, -0.15) is 0 Å². The molecular formula is C28H35N3O2S2. The Balaban J connectivity index is 1.45. The number of nitrogens with one attached hydrogen (secondary N) is 1. The molecule has 5 nitrogen and oxygen atoms in total. The average molecular weight is 510 g/mol. The van der Waals surface area contributed by atoms with E-state index in [1.165, 1.54) is 49.4 Å². The molecule has 1 atom stereocenters. The van der Waals surface area contributed by atoms with Gasteiger partial charge in [0.1, 0.15) is 0 Å². The third-order valence-corrected chi connectivity index (χ3v) is 8.95. The number of carbonyl (C=O) groups is 2. The first-order valence-corrected chi connectivity index (χ1v) is 14.5. The molecule has 2 fully saturated rings. The zero-order valence-corrected chi connectivity index (χ0v) is 22.5. The lowest BCUT2D eigenvalue weighted by atomic mass is 9.89. The molecule has 35 heavy (non-hydrogen) atoms. The van der Waals surface area contributed by atoms with Crippen molar-refractivity contribution in [2.75, 3.05) is 18.1 Å². The van der Waals surface area contributed by atoms with Crippen molar-refractivity contribution >= 4 is 46.2 Å². The molecule has 2 aromatic rings. The van der Waals surface area contributed by atoms with Crippen molar-refractivity contribution in [1.82, 2.24) is 10.2 Å². The monoisotopic (exact) mass is 509 g/mol. The molecule has 0 aromatic heterocycles. The number of hydrogen-bond acceptors (Lipinski definition) is 5. The molecule has 0 radical (unpaired) electrons. The van der Waals surface area contributed by atoms with Gasteiger partial charge in [-0.25, -0.2) is 4.99 Å². The Kier molecular flexibility index (Phi) is 8.95. The molecule has 1 heterocycles. The van der Waals surface area contributed by atoms with Gasteiger partial charge < -0.3 is 5.32 Å². The predicted octanol–water partition coefficient (Wildman–Crippen LogP) is 6.36. The second kappa shape index (κ2) is 12.1. The SMILES string of the molecule is Cc1ccc(N=C2SCC(C)N2C(=O)c2ccccc2SCC(=O)NCC2CCCCC2)c(C)c1. The summed E-state index contributed by atoms with van der Waals surface area (Å²) in [5, 5.41) is 3.84. The molecule has 2 aromatic carbocycles. The van der Waals surface area contributed by atoms with E-state index in [0.717, 1.165) is 33.6 Å². The lowest BCUT2D eigenvalue weighted by Crippen LogP contribution is -2.38. The van der Waals surface area contributed by atoms with Crippen LogP contribution in [0, 0.1) is 19.8 Å². The van der Waals surface area contributed by atoms with Crippen LogP contribution < -0.4 is 5.32 Å². The normalized spacial score (nSPS) is 19.8. The number of aryl methyl sites for hydroxylation is 2. The Morgan fingerprint density at radius 3 is 2.66 bits per heavy atom. The summed E-state index contributed by atoms with van der Waals surface area (Å²) < 4.78 is 0. The van der Waals surface area contributed by atoms with Gasteiger partial charge >= 0.3 is 0 Å². The fourth-order valence-corrected chi connectivity index (χ4v) is 6.66. The molecule has 4 rings (SSSR count). The first-order chi connectivity index (χ1) is 16.9. The van der Waals surface area contributed by atoms with E-state index >= 15 is 0 Å². The third kappa shape index (κ3) is 6.70. The fourth-order valence-electron chi connectivity index (χ4n) is 4.68. The van der Waals surface area contributed by atoms with Crippen molar-refractivity contribution < 1.29 is 9.59 Å².